The van der Waals surface area contributed by atoms with Crippen molar-refractivity contribution in [2.24, 2.45) is 5.73 Å². The average Bonchev–Trinajstić information content (AvgIpc) is 2.55. The Morgan fingerprint density at radius 3 is 2.30 bits per heavy atom. The highest BCUT2D eigenvalue weighted by Gasteiger charge is 2.23. The van der Waals surface area contributed by atoms with E-state index in [1.165, 1.54) is 0 Å². The minimum absolute atomic E-state index is 0.378. The smallest absolute Gasteiger partial charge is 0.250 e. The van der Waals surface area contributed by atoms with Gasteiger partial charge in [-0.05, 0) is 30.7 Å². The van der Waals surface area contributed by atoms with Gasteiger partial charge in [0.25, 0.3) is 5.91 Å². The van der Waals surface area contributed by atoms with E-state index in [0.29, 0.717) is 5.56 Å². The molecule has 1 fully saturated rings. The standard InChI is InChI=1S/C18H20ClN3O/c1-13-5-4-6-14(18(20)23)17(13)22-11-9-21(10-12-22)16-8-3-2-7-15(16)19/h2-8H,9-12H2,1H3,(H2,20,23). The van der Waals surface area contributed by atoms with Gasteiger partial charge in [-0.1, -0.05) is 35.9 Å². The summed E-state index contributed by atoms with van der Waals surface area (Å²) in [7, 11) is 0. The number of piperazine rings is 1. The van der Waals surface area contributed by atoms with Crippen LogP contribution in [0.15, 0.2) is 42.5 Å². The third-order valence-electron chi connectivity index (χ3n) is 4.29. The summed E-state index contributed by atoms with van der Waals surface area (Å²) < 4.78 is 0. The molecular formula is C18H20ClN3O. The number of hydrogen-bond acceptors (Lipinski definition) is 3. The predicted molar refractivity (Wildman–Crippen MR) is 95.6 cm³/mol. The number of rotatable bonds is 3. The Morgan fingerprint density at radius 1 is 1.00 bits per heavy atom. The van der Waals surface area contributed by atoms with E-state index >= 15 is 0 Å². The summed E-state index contributed by atoms with van der Waals surface area (Å²) in [6, 6.07) is 13.6. The third-order valence-corrected chi connectivity index (χ3v) is 4.61. The van der Waals surface area contributed by atoms with Gasteiger partial charge in [-0.15, -0.1) is 0 Å². The maximum Gasteiger partial charge on any atom is 0.250 e. The van der Waals surface area contributed by atoms with Crippen LogP contribution in [-0.2, 0) is 0 Å². The quantitative estimate of drug-likeness (QED) is 0.941. The largest absolute Gasteiger partial charge is 0.367 e. The Hall–Kier alpha value is -2.20. The van der Waals surface area contributed by atoms with Gasteiger partial charge in [0, 0.05) is 26.2 Å². The molecule has 0 bridgehead atoms. The zero-order valence-electron chi connectivity index (χ0n) is 13.1. The molecule has 2 aromatic rings. The lowest BCUT2D eigenvalue weighted by atomic mass is 10.1. The van der Waals surface area contributed by atoms with Crippen LogP contribution in [0.1, 0.15) is 15.9 Å². The summed E-state index contributed by atoms with van der Waals surface area (Å²) in [5.41, 5.74) is 9.23. The number of hydrogen-bond donors (Lipinski definition) is 1. The van der Waals surface area contributed by atoms with Crippen molar-refractivity contribution >= 4 is 28.9 Å². The van der Waals surface area contributed by atoms with E-state index in [1.54, 1.807) is 6.07 Å². The zero-order chi connectivity index (χ0) is 16.4. The van der Waals surface area contributed by atoms with E-state index in [4.69, 9.17) is 17.3 Å². The number of primary amides is 1. The Bertz CT molecular complexity index is 724. The molecule has 2 aromatic carbocycles. The minimum Gasteiger partial charge on any atom is -0.367 e. The van der Waals surface area contributed by atoms with Crippen LogP contribution in [0.3, 0.4) is 0 Å². The molecule has 1 saturated heterocycles. The van der Waals surface area contributed by atoms with Gasteiger partial charge >= 0.3 is 0 Å². The first-order valence-corrected chi connectivity index (χ1v) is 8.09. The van der Waals surface area contributed by atoms with Crippen LogP contribution in [0.25, 0.3) is 0 Å². The molecule has 1 aliphatic heterocycles. The van der Waals surface area contributed by atoms with E-state index in [9.17, 15) is 4.79 Å². The highest BCUT2D eigenvalue weighted by molar-refractivity contribution is 6.33. The SMILES string of the molecule is Cc1cccc(C(N)=O)c1N1CCN(c2ccccc2Cl)CC1. The molecule has 2 N–H and O–H groups in total. The zero-order valence-corrected chi connectivity index (χ0v) is 13.9. The van der Waals surface area contributed by atoms with Crippen molar-refractivity contribution < 1.29 is 4.79 Å². The molecule has 4 nitrogen and oxygen atoms in total. The summed E-state index contributed by atoms with van der Waals surface area (Å²) in [5.74, 6) is -0.378. The van der Waals surface area contributed by atoms with Gasteiger partial charge in [0.15, 0.2) is 0 Å². The summed E-state index contributed by atoms with van der Waals surface area (Å²) >= 11 is 6.29. The minimum atomic E-state index is -0.378. The molecule has 1 heterocycles. The number of para-hydroxylation sites is 2. The number of halogens is 1. The van der Waals surface area contributed by atoms with Crippen LogP contribution < -0.4 is 15.5 Å². The number of carbonyl (C=O) groups excluding carboxylic acids is 1. The first kappa shape index (κ1) is 15.7. The molecule has 3 rings (SSSR count). The molecule has 0 aromatic heterocycles. The van der Waals surface area contributed by atoms with Gasteiger partial charge in [0.1, 0.15) is 0 Å². The van der Waals surface area contributed by atoms with E-state index in [2.05, 4.69) is 9.80 Å². The van der Waals surface area contributed by atoms with Crippen molar-refractivity contribution in [2.45, 2.75) is 6.92 Å². The second-order valence-electron chi connectivity index (χ2n) is 5.76. The summed E-state index contributed by atoms with van der Waals surface area (Å²) in [4.78, 5) is 16.2. The van der Waals surface area contributed by atoms with E-state index in [0.717, 1.165) is 48.1 Å². The molecule has 0 saturated carbocycles. The molecular weight excluding hydrogens is 310 g/mol. The number of nitrogens with zero attached hydrogens (tertiary/aromatic N) is 2. The second-order valence-corrected chi connectivity index (χ2v) is 6.17. The molecule has 0 unspecified atom stereocenters. The molecule has 23 heavy (non-hydrogen) atoms. The van der Waals surface area contributed by atoms with Crippen LogP contribution in [0.4, 0.5) is 11.4 Å². The highest BCUT2D eigenvalue weighted by Crippen LogP contribution is 2.29. The number of aryl methyl sites for hydroxylation is 1. The topological polar surface area (TPSA) is 49.6 Å². The van der Waals surface area contributed by atoms with E-state index < -0.39 is 0 Å². The Kier molecular flexibility index (Phi) is 4.44. The monoisotopic (exact) mass is 329 g/mol. The highest BCUT2D eigenvalue weighted by atomic mass is 35.5. The van der Waals surface area contributed by atoms with Crippen LogP contribution in [0, 0.1) is 6.92 Å². The first-order valence-electron chi connectivity index (χ1n) is 7.72. The van der Waals surface area contributed by atoms with Crippen LogP contribution >= 0.6 is 11.6 Å². The normalized spacial score (nSPS) is 14.9. The third kappa shape index (κ3) is 3.13. The van der Waals surface area contributed by atoms with Gasteiger partial charge in [-0.3, -0.25) is 4.79 Å². The van der Waals surface area contributed by atoms with Crippen LogP contribution in [0.2, 0.25) is 5.02 Å². The van der Waals surface area contributed by atoms with Gasteiger partial charge in [-0.25, -0.2) is 0 Å². The van der Waals surface area contributed by atoms with Crippen molar-refractivity contribution in [2.75, 3.05) is 36.0 Å². The molecule has 1 aliphatic rings. The van der Waals surface area contributed by atoms with Gasteiger partial charge in [0.2, 0.25) is 0 Å². The van der Waals surface area contributed by atoms with E-state index in [-0.39, 0.29) is 5.91 Å². The second kappa shape index (κ2) is 6.50. The Labute approximate surface area is 141 Å². The molecule has 1 amide bonds. The maximum absolute atomic E-state index is 11.7. The average molecular weight is 330 g/mol. The first-order chi connectivity index (χ1) is 11.1. The van der Waals surface area contributed by atoms with Gasteiger partial charge in [0.05, 0.1) is 22.0 Å². The number of benzene rings is 2. The number of carbonyl (C=O) groups is 1. The predicted octanol–water partition coefficient (Wildman–Crippen LogP) is 3.07. The van der Waals surface area contributed by atoms with Gasteiger partial charge in [-0.2, -0.15) is 0 Å². The molecule has 120 valence electrons. The van der Waals surface area contributed by atoms with Crippen molar-refractivity contribution in [3.63, 3.8) is 0 Å². The lowest BCUT2D eigenvalue weighted by molar-refractivity contribution is 0.100. The lowest BCUT2D eigenvalue weighted by Crippen LogP contribution is -2.47. The van der Waals surface area contributed by atoms with E-state index in [1.807, 2.05) is 43.3 Å². The number of anilines is 2. The number of amides is 1. The summed E-state index contributed by atoms with van der Waals surface area (Å²) in [5, 5.41) is 0.773. The van der Waals surface area contributed by atoms with Crippen molar-refractivity contribution in [3.05, 3.63) is 58.6 Å². The number of nitrogens with two attached hydrogens (primary N) is 1. The Morgan fingerprint density at radius 2 is 1.65 bits per heavy atom. The molecule has 0 atom stereocenters. The summed E-state index contributed by atoms with van der Waals surface area (Å²) in [6.45, 7) is 5.39. The molecule has 0 radical (unpaired) electrons. The lowest BCUT2D eigenvalue weighted by Gasteiger charge is -2.38. The maximum atomic E-state index is 11.7. The fourth-order valence-electron chi connectivity index (χ4n) is 3.16. The van der Waals surface area contributed by atoms with Crippen LogP contribution in [0.5, 0.6) is 0 Å². The molecule has 0 spiro atoms. The Balaban J connectivity index is 1.80. The molecule has 5 heteroatoms. The van der Waals surface area contributed by atoms with Crippen molar-refractivity contribution in [1.29, 1.82) is 0 Å². The van der Waals surface area contributed by atoms with Crippen molar-refractivity contribution in [3.8, 4) is 0 Å². The van der Waals surface area contributed by atoms with Crippen LogP contribution in [-0.4, -0.2) is 32.1 Å². The fraction of sp³-hybridized carbons (Fsp3) is 0.278. The molecule has 0 aliphatic carbocycles. The fourth-order valence-corrected chi connectivity index (χ4v) is 3.41. The summed E-state index contributed by atoms with van der Waals surface area (Å²) in [6.07, 6.45) is 0. The van der Waals surface area contributed by atoms with Gasteiger partial charge < -0.3 is 15.5 Å². The van der Waals surface area contributed by atoms with Crippen molar-refractivity contribution in [1.82, 2.24) is 0 Å².